The van der Waals surface area contributed by atoms with Crippen molar-refractivity contribution in [3.8, 4) is 11.1 Å². The lowest BCUT2D eigenvalue weighted by Crippen LogP contribution is -2.16. The zero-order chi connectivity index (χ0) is 18.2. The lowest BCUT2D eigenvalue weighted by atomic mass is 9.98. The number of anilines is 1. The van der Waals surface area contributed by atoms with Gasteiger partial charge in [-0.3, -0.25) is 9.52 Å². The van der Waals surface area contributed by atoms with Crippen LogP contribution in [0.3, 0.4) is 0 Å². The van der Waals surface area contributed by atoms with Gasteiger partial charge in [0.15, 0.2) is 0 Å². The Kier molecular flexibility index (Phi) is 4.39. The van der Waals surface area contributed by atoms with Crippen molar-refractivity contribution in [2.24, 2.45) is 7.05 Å². The minimum atomic E-state index is -3.35. The lowest BCUT2D eigenvalue weighted by molar-refractivity contribution is 0.607. The van der Waals surface area contributed by atoms with Crippen molar-refractivity contribution in [2.45, 2.75) is 13.3 Å². The molecule has 1 aromatic heterocycles. The molecular formula is C19H20N2O3S. The van der Waals surface area contributed by atoms with Gasteiger partial charge in [-0.15, -0.1) is 0 Å². The molecule has 6 heteroatoms. The van der Waals surface area contributed by atoms with Crippen LogP contribution in [0.25, 0.3) is 21.9 Å². The Morgan fingerprint density at radius 3 is 2.52 bits per heavy atom. The number of nitrogens with one attached hydrogen (secondary N) is 1. The maximum atomic E-state index is 12.4. The predicted octanol–water partition coefficient (Wildman–Crippen LogP) is 3.14. The molecule has 0 aliphatic carbocycles. The van der Waals surface area contributed by atoms with E-state index in [-0.39, 0.29) is 5.56 Å². The number of hydrogen-bond acceptors (Lipinski definition) is 3. The van der Waals surface area contributed by atoms with Crippen LogP contribution in [0.15, 0.2) is 53.5 Å². The van der Waals surface area contributed by atoms with E-state index in [1.54, 1.807) is 36.0 Å². The van der Waals surface area contributed by atoms with Crippen LogP contribution in [-0.4, -0.2) is 19.2 Å². The number of benzene rings is 2. The Morgan fingerprint density at radius 2 is 1.84 bits per heavy atom. The molecule has 1 N–H and O–H groups in total. The van der Waals surface area contributed by atoms with Crippen LogP contribution in [0.5, 0.6) is 0 Å². The maximum Gasteiger partial charge on any atom is 0.258 e. The second kappa shape index (κ2) is 6.37. The van der Waals surface area contributed by atoms with E-state index in [4.69, 9.17) is 0 Å². The Hall–Kier alpha value is -2.60. The molecule has 130 valence electrons. The third kappa shape index (κ3) is 3.58. The molecule has 0 bridgehead atoms. The van der Waals surface area contributed by atoms with Crippen molar-refractivity contribution >= 4 is 26.5 Å². The summed E-state index contributed by atoms with van der Waals surface area (Å²) >= 11 is 0. The van der Waals surface area contributed by atoms with E-state index in [0.717, 1.165) is 34.8 Å². The van der Waals surface area contributed by atoms with E-state index in [0.29, 0.717) is 11.1 Å². The van der Waals surface area contributed by atoms with E-state index in [2.05, 4.69) is 11.6 Å². The Balaban J connectivity index is 2.26. The Bertz CT molecular complexity index is 1120. The summed E-state index contributed by atoms with van der Waals surface area (Å²) in [6.07, 6.45) is 3.79. The molecule has 0 amide bonds. The molecule has 0 fully saturated rings. The van der Waals surface area contributed by atoms with Gasteiger partial charge in [0.2, 0.25) is 10.0 Å². The van der Waals surface area contributed by atoms with E-state index in [9.17, 15) is 13.2 Å². The normalized spacial score (nSPS) is 11.6. The van der Waals surface area contributed by atoms with Crippen molar-refractivity contribution in [3.05, 3.63) is 64.6 Å². The van der Waals surface area contributed by atoms with Gasteiger partial charge in [-0.25, -0.2) is 8.42 Å². The van der Waals surface area contributed by atoms with Crippen LogP contribution in [0.1, 0.15) is 12.5 Å². The molecule has 3 rings (SSSR count). The van der Waals surface area contributed by atoms with Crippen molar-refractivity contribution in [3.63, 3.8) is 0 Å². The highest BCUT2D eigenvalue weighted by Crippen LogP contribution is 2.29. The molecule has 0 aliphatic heterocycles. The van der Waals surface area contributed by atoms with Gasteiger partial charge in [0.25, 0.3) is 5.56 Å². The number of pyridine rings is 1. The summed E-state index contributed by atoms with van der Waals surface area (Å²) in [5, 5.41) is 1.53. The topological polar surface area (TPSA) is 68.2 Å². The molecule has 0 saturated heterocycles. The van der Waals surface area contributed by atoms with Gasteiger partial charge < -0.3 is 4.57 Å². The Morgan fingerprint density at radius 1 is 1.08 bits per heavy atom. The first-order chi connectivity index (χ1) is 11.8. The second-order valence-corrected chi connectivity index (χ2v) is 7.90. The minimum Gasteiger partial charge on any atom is -0.317 e. The quantitative estimate of drug-likeness (QED) is 0.781. The van der Waals surface area contributed by atoms with Crippen LogP contribution < -0.4 is 10.3 Å². The molecule has 0 radical (unpaired) electrons. The third-order valence-electron chi connectivity index (χ3n) is 4.13. The molecule has 1 heterocycles. The van der Waals surface area contributed by atoms with E-state index in [1.165, 1.54) is 0 Å². The maximum absolute atomic E-state index is 12.4. The summed E-state index contributed by atoms with van der Waals surface area (Å²) in [5.41, 5.74) is 3.33. The van der Waals surface area contributed by atoms with Gasteiger partial charge in [0, 0.05) is 29.9 Å². The van der Waals surface area contributed by atoms with Gasteiger partial charge in [-0.2, -0.15) is 0 Å². The highest BCUT2D eigenvalue weighted by atomic mass is 32.2. The smallest absolute Gasteiger partial charge is 0.258 e. The first kappa shape index (κ1) is 17.2. The number of aryl methyl sites for hydroxylation is 2. The molecule has 0 unspecified atom stereocenters. The highest BCUT2D eigenvalue weighted by Gasteiger charge is 2.11. The van der Waals surface area contributed by atoms with Gasteiger partial charge in [-0.1, -0.05) is 31.2 Å². The van der Waals surface area contributed by atoms with Crippen LogP contribution in [0.2, 0.25) is 0 Å². The molecule has 5 nitrogen and oxygen atoms in total. The number of aromatic nitrogens is 1. The van der Waals surface area contributed by atoms with Crippen LogP contribution in [0.4, 0.5) is 5.69 Å². The summed E-state index contributed by atoms with van der Waals surface area (Å²) in [4.78, 5) is 12.4. The minimum absolute atomic E-state index is 0.0492. The van der Waals surface area contributed by atoms with Gasteiger partial charge in [0.1, 0.15) is 0 Å². The van der Waals surface area contributed by atoms with E-state index >= 15 is 0 Å². The number of rotatable bonds is 4. The number of nitrogens with zero attached hydrogens (tertiary/aromatic N) is 1. The van der Waals surface area contributed by atoms with E-state index in [1.807, 2.05) is 24.3 Å². The Labute approximate surface area is 147 Å². The fraction of sp³-hybridized carbons (Fsp3) is 0.211. The number of fused-ring (bicyclic) bond motifs is 1. The molecule has 2 aromatic carbocycles. The van der Waals surface area contributed by atoms with Gasteiger partial charge >= 0.3 is 0 Å². The van der Waals surface area contributed by atoms with Gasteiger partial charge in [-0.05, 0) is 41.1 Å². The monoisotopic (exact) mass is 356 g/mol. The molecule has 0 spiro atoms. The summed E-state index contributed by atoms with van der Waals surface area (Å²) in [6, 6.07) is 13.0. The molecule has 3 aromatic rings. The molecule has 25 heavy (non-hydrogen) atoms. The first-order valence-corrected chi connectivity index (χ1v) is 9.88. The average Bonchev–Trinajstić information content (AvgIpc) is 2.56. The van der Waals surface area contributed by atoms with E-state index < -0.39 is 10.0 Å². The average molecular weight is 356 g/mol. The summed E-state index contributed by atoms with van der Waals surface area (Å²) in [5.74, 6) is 0. The standard InChI is InChI=1S/C19H20N2O3S/c1-4-13-8-9-16-17(10-13)18(12-21(2)19(16)22)14-6-5-7-15(11-14)20-25(3,23)24/h5-12,20H,4H2,1-3H3. The number of hydrogen-bond donors (Lipinski definition) is 1. The fourth-order valence-corrected chi connectivity index (χ4v) is 3.48. The van der Waals surface area contributed by atoms with Crippen molar-refractivity contribution in [1.82, 2.24) is 4.57 Å². The summed E-state index contributed by atoms with van der Waals surface area (Å²) < 4.78 is 27.0. The summed E-state index contributed by atoms with van der Waals surface area (Å²) in [6.45, 7) is 2.07. The third-order valence-corrected chi connectivity index (χ3v) is 4.74. The van der Waals surface area contributed by atoms with Gasteiger partial charge in [0.05, 0.1) is 6.26 Å². The summed E-state index contributed by atoms with van der Waals surface area (Å²) in [7, 11) is -1.63. The molecule has 0 saturated carbocycles. The largest absolute Gasteiger partial charge is 0.317 e. The molecule has 0 aliphatic rings. The first-order valence-electron chi connectivity index (χ1n) is 7.99. The van der Waals surface area contributed by atoms with Crippen LogP contribution in [0, 0.1) is 0 Å². The van der Waals surface area contributed by atoms with Crippen molar-refractivity contribution in [1.29, 1.82) is 0 Å². The predicted molar refractivity (Wildman–Crippen MR) is 102 cm³/mol. The zero-order valence-electron chi connectivity index (χ0n) is 14.4. The number of sulfonamides is 1. The fourth-order valence-electron chi connectivity index (χ4n) is 2.93. The van der Waals surface area contributed by atoms with Crippen molar-refractivity contribution in [2.75, 3.05) is 11.0 Å². The van der Waals surface area contributed by atoms with Crippen LogP contribution >= 0.6 is 0 Å². The molecule has 0 atom stereocenters. The zero-order valence-corrected chi connectivity index (χ0v) is 15.2. The second-order valence-electron chi connectivity index (χ2n) is 6.15. The lowest BCUT2D eigenvalue weighted by Gasteiger charge is -2.12. The van der Waals surface area contributed by atoms with Crippen LogP contribution in [-0.2, 0) is 23.5 Å². The SMILES string of the molecule is CCc1ccc2c(=O)n(C)cc(-c3cccc(NS(C)(=O)=O)c3)c2c1. The highest BCUT2D eigenvalue weighted by molar-refractivity contribution is 7.92. The van der Waals surface area contributed by atoms with Crippen molar-refractivity contribution < 1.29 is 8.42 Å². The molecular weight excluding hydrogens is 336 g/mol.